The molecule has 6 nitrogen and oxygen atoms in total. The Morgan fingerprint density at radius 3 is 2.79 bits per heavy atom. The van der Waals surface area contributed by atoms with Crippen LogP contribution in [0.5, 0.6) is 5.88 Å². The normalized spacial score (nSPS) is 24.3. The summed E-state index contributed by atoms with van der Waals surface area (Å²) in [5.74, 6) is 1.36. The van der Waals surface area contributed by atoms with Crippen LogP contribution in [0.15, 0.2) is 18.6 Å². The summed E-state index contributed by atoms with van der Waals surface area (Å²) in [7, 11) is 4.36. The molecule has 0 spiro atoms. The SMILES string of the molecule is CN(C)[C@H]1CC[C@@H](Oc2ncnc3sc4c(c23)[C@@H](CCc2cc[nH]n2)CC4)CC1. The molecule has 3 heterocycles. The van der Waals surface area contributed by atoms with Gasteiger partial charge in [-0.2, -0.15) is 5.10 Å². The van der Waals surface area contributed by atoms with Crippen molar-refractivity contribution in [2.24, 2.45) is 0 Å². The van der Waals surface area contributed by atoms with Gasteiger partial charge >= 0.3 is 0 Å². The molecule has 1 saturated carbocycles. The van der Waals surface area contributed by atoms with E-state index in [1.165, 1.54) is 35.1 Å². The Kier molecular flexibility index (Phi) is 5.26. The predicted octanol–water partition coefficient (Wildman–Crippen LogP) is 4.33. The summed E-state index contributed by atoms with van der Waals surface area (Å²) in [4.78, 5) is 14.1. The molecule has 2 aliphatic rings. The Balaban J connectivity index is 1.37. The van der Waals surface area contributed by atoms with E-state index in [9.17, 15) is 0 Å². The number of ether oxygens (including phenoxy) is 1. The van der Waals surface area contributed by atoms with Crippen LogP contribution in [-0.2, 0) is 12.8 Å². The summed E-state index contributed by atoms with van der Waals surface area (Å²) < 4.78 is 6.50. The van der Waals surface area contributed by atoms with Gasteiger partial charge in [0.15, 0.2) is 0 Å². The Morgan fingerprint density at radius 1 is 1.17 bits per heavy atom. The smallest absolute Gasteiger partial charge is 0.225 e. The molecule has 1 fully saturated rings. The molecule has 3 aromatic heterocycles. The van der Waals surface area contributed by atoms with Crippen molar-refractivity contribution in [2.45, 2.75) is 69.4 Å². The molecule has 29 heavy (non-hydrogen) atoms. The molecule has 1 atom stereocenters. The van der Waals surface area contributed by atoms with Gasteiger partial charge in [-0.15, -0.1) is 11.3 Å². The first kappa shape index (κ1) is 19.0. The average Bonchev–Trinajstić information content (AvgIpc) is 3.44. The van der Waals surface area contributed by atoms with E-state index in [-0.39, 0.29) is 6.10 Å². The largest absolute Gasteiger partial charge is 0.474 e. The molecule has 0 saturated heterocycles. The number of thiophene rings is 1. The van der Waals surface area contributed by atoms with Crippen LogP contribution >= 0.6 is 11.3 Å². The van der Waals surface area contributed by atoms with Crippen molar-refractivity contribution in [3.63, 3.8) is 0 Å². The van der Waals surface area contributed by atoms with E-state index in [2.05, 4.69) is 45.2 Å². The van der Waals surface area contributed by atoms with Crippen LogP contribution in [0.4, 0.5) is 0 Å². The van der Waals surface area contributed by atoms with Gasteiger partial charge in [0.05, 0.1) is 11.1 Å². The molecule has 0 unspecified atom stereocenters. The van der Waals surface area contributed by atoms with Crippen LogP contribution < -0.4 is 4.74 Å². The lowest BCUT2D eigenvalue weighted by Crippen LogP contribution is -2.35. The fourth-order valence-corrected chi connectivity index (χ4v) is 6.24. The van der Waals surface area contributed by atoms with Crippen LogP contribution in [0.3, 0.4) is 0 Å². The van der Waals surface area contributed by atoms with Crippen LogP contribution in [0.1, 0.15) is 60.6 Å². The molecule has 1 N–H and O–H groups in total. The van der Waals surface area contributed by atoms with E-state index < -0.39 is 0 Å². The lowest BCUT2D eigenvalue weighted by Gasteiger charge is -2.32. The average molecular weight is 412 g/mol. The van der Waals surface area contributed by atoms with Gasteiger partial charge in [-0.05, 0) is 83.0 Å². The monoisotopic (exact) mass is 411 g/mol. The maximum absolute atomic E-state index is 6.50. The van der Waals surface area contributed by atoms with E-state index in [0.29, 0.717) is 12.0 Å². The number of nitrogens with one attached hydrogen (secondary N) is 1. The third-order valence-electron chi connectivity index (χ3n) is 6.66. The molecular weight excluding hydrogens is 382 g/mol. The maximum atomic E-state index is 6.50. The van der Waals surface area contributed by atoms with Gasteiger partial charge in [0.25, 0.3) is 0 Å². The van der Waals surface area contributed by atoms with E-state index in [1.54, 1.807) is 6.33 Å². The van der Waals surface area contributed by atoms with E-state index in [4.69, 9.17) is 4.74 Å². The van der Waals surface area contributed by atoms with E-state index in [1.807, 2.05) is 17.5 Å². The Morgan fingerprint density at radius 2 is 2.03 bits per heavy atom. The second kappa shape index (κ2) is 8.03. The summed E-state index contributed by atoms with van der Waals surface area (Å²) in [6, 6.07) is 2.75. The number of aromatic nitrogens is 4. The molecule has 0 amide bonds. The quantitative estimate of drug-likeness (QED) is 0.654. The number of H-pyrrole nitrogens is 1. The highest BCUT2D eigenvalue weighted by molar-refractivity contribution is 7.19. The summed E-state index contributed by atoms with van der Waals surface area (Å²) in [5.41, 5.74) is 2.60. The molecule has 5 rings (SSSR count). The molecular formula is C22H29N5OS. The maximum Gasteiger partial charge on any atom is 0.225 e. The minimum Gasteiger partial charge on any atom is -0.474 e. The van der Waals surface area contributed by atoms with Crippen molar-refractivity contribution < 1.29 is 4.74 Å². The number of hydrogen-bond acceptors (Lipinski definition) is 6. The summed E-state index contributed by atoms with van der Waals surface area (Å²) in [5, 5.41) is 8.43. The van der Waals surface area contributed by atoms with Crippen LogP contribution in [0.25, 0.3) is 10.2 Å². The zero-order chi connectivity index (χ0) is 19.8. The van der Waals surface area contributed by atoms with E-state index >= 15 is 0 Å². The van der Waals surface area contributed by atoms with Crippen LogP contribution in [-0.4, -0.2) is 51.3 Å². The second-order valence-corrected chi connectivity index (χ2v) is 9.73. The lowest BCUT2D eigenvalue weighted by atomic mass is 9.92. The minimum atomic E-state index is 0.267. The first-order valence-electron chi connectivity index (χ1n) is 10.8. The van der Waals surface area contributed by atoms with Crippen molar-refractivity contribution in [3.8, 4) is 5.88 Å². The number of aryl methyl sites for hydroxylation is 2. The zero-order valence-electron chi connectivity index (χ0n) is 17.2. The Hall–Kier alpha value is -1.99. The third kappa shape index (κ3) is 3.78. The number of rotatable bonds is 6. The van der Waals surface area contributed by atoms with Gasteiger partial charge in [-0.25, -0.2) is 9.97 Å². The van der Waals surface area contributed by atoms with E-state index in [0.717, 1.165) is 48.5 Å². The third-order valence-corrected chi connectivity index (χ3v) is 7.83. The molecule has 0 aromatic carbocycles. The highest BCUT2D eigenvalue weighted by atomic mass is 32.1. The topological polar surface area (TPSA) is 66.9 Å². The van der Waals surface area contributed by atoms with Gasteiger partial charge in [0, 0.05) is 17.1 Å². The molecule has 7 heteroatoms. The van der Waals surface area contributed by atoms with Gasteiger partial charge in [-0.3, -0.25) is 5.10 Å². The van der Waals surface area contributed by atoms with Crippen molar-refractivity contribution in [1.29, 1.82) is 0 Å². The molecule has 0 bridgehead atoms. The molecule has 2 aliphatic carbocycles. The van der Waals surface area contributed by atoms with Crippen molar-refractivity contribution >= 4 is 21.6 Å². The first-order chi connectivity index (χ1) is 14.2. The summed E-state index contributed by atoms with van der Waals surface area (Å²) in [6.07, 6.45) is 12.9. The fourth-order valence-electron chi connectivity index (χ4n) is 5.01. The molecule has 0 aliphatic heterocycles. The lowest BCUT2D eigenvalue weighted by molar-refractivity contribution is 0.108. The first-order valence-corrected chi connectivity index (χ1v) is 11.6. The molecule has 3 aromatic rings. The molecule has 0 radical (unpaired) electrons. The number of hydrogen-bond donors (Lipinski definition) is 1. The van der Waals surface area contributed by atoms with Gasteiger partial charge in [-0.1, -0.05) is 0 Å². The highest BCUT2D eigenvalue weighted by Crippen LogP contribution is 2.47. The predicted molar refractivity (Wildman–Crippen MR) is 116 cm³/mol. The molecule has 154 valence electrons. The zero-order valence-corrected chi connectivity index (χ0v) is 18.0. The van der Waals surface area contributed by atoms with Crippen molar-refractivity contribution in [1.82, 2.24) is 25.1 Å². The number of fused-ring (bicyclic) bond motifs is 3. The number of aromatic amines is 1. The van der Waals surface area contributed by atoms with Gasteiger partial charge < -0.3 is 9.64 Å². The van der Waals surface area contributed by atoms with Crippen LogP contribution in [0.2, 0.25) is 0 Å². The van der Waals surface area contributed by atoms with Crippen molar-refractivity contribution in [3.05, 3.63) is 34.7 Å². The number of nitrogens with zero attached hydrogens (tertiary/aromatic N) is 4. The van der Waals surface area contributed by atoms with Crippen molar-refractivity contribution in [2.75, 3.05) is 14.1 Å². The van der Waals surface area contributed by atoms with Gasteiger partial charge in [0.2, 0.25) is 5.88 Å². The second-order valence-electron chi connectivity index (χ2n) is 8.65. The summed E-state index contributed by atoms with van der Waals surface area (Å²) >= 11 is 1.83. The van der Waals surface area contributed by atoms with Crippen LogP contribution in [0, 0.1) is 0 Å². The Bertz CT molecular complexity index is 959. The highest BCUT2D eigenvalue weighted by Gasteiger charge is 2.31. The Labute approximate surface area is 175 Å². The minimum absolute atomic E-state index is 0.267. The standard InChI is InChI=1S/C22H29N5OS/c1-27(2)16-6-8-17(9-7-16)28-21-20-19-14(3-5-15-11-12-25-26-15)4-10-18(19)29-22(20)24-13-23-21/h11-14,16-17H,3-10H2,1-2H3,(H,25,26)/t14-,16-,17+/m0/s1. The fraction of sp³-hybridized carbons (Fsp3) is 0.591. The summed E-state index contributed by atoms with van der Waals surface area (Å²) in [6.45, 7) is 0. The van der Waals surface area contributed by atoms with Gasteiger partial charge in [0.1, 0.15) is 17.3 Å².